The van der Waals surface area contributed by atoms with Crippen molar-refractivity contribution in [3.05, 3.63) is 77.4 Å². The molecule has 0 unspecified atom stereocenters. The summed E-state index contributed by atoms with van der Waals surface area (Å²) in [6.45, 7) is 0.505. The predicted molar refractivity (Wildman–Crippen MR) is 106 cm³/mol. The van der Waals surface area contributed by atoms with Crippen LogP contribution in [0.2, 0.25) is 0 Å². The second kappa shape index (κ2) is 9.50. The first-order valence-electron chi connectivity index (χ1n) is 8.90. The Morgan fingerprint density at radius 1 is 1.03 bits per heavy atom. The van der Waals surface area contributed by atoms with Gasteiger partial charge in [0, 0.05) is 24.8 Å². The van der Waals surface area contributed by atoms with E-state index < -0.39 is 0 Å². The second-order valence-corrected chi connectivity index (χ2v) is 6.08. The summed E-state index contributed by atoms with van der Waals surface area (Å²) < 4.78 is 24.2. The molecule has 0 spiro atoms. The third kappa shape index (κ3) is 5.19. The molecule has 0 fully saturated rings. The highest BCUT2D eigenvalue weighted by atomic mass is 19.1. The smallest absolute Gasteiger partial charge is 0.270 e. The van der Waals surface area contributed by atoms with Crippen LogP contribution in [-0.4, -0.2) is 30.1 Å². The first-order chi connectivity index (χ1) is 14.1. The van der Waals surface area contributed by atoms with Gasteiger partial charge >= 0.3 is 0 Å². The summed E-state index contributed by atoms with van der Waals surface area (Å²) in [5.74, 6) is 0.775. The quantitative estimate of drug-likeness (QED) is 0.608. The van der Waals surface area contributed by atoms with Gasteiger partial charge in [0.05, 0.1) is 14.2 Å². The molecule has 0 saturated heterocycles. The lowest BCUT2D eigenvalue weighted by atomic mass is 10.2. The van der Waals surface area contributed by atoms with Gasteiger partial charge in [-0.3, -0.25) is 4.79 Å². The van der Waals surface area contributed by atoms with E-state index in [-0.39, 0.29) is 29.9 Å². The minimum absolute atomic E-state index is 0.205. The Morgan fingerprint density at radius 2 is 1.83 bits per heavy atom. The first kappa shape index (κ1) is 20.1. The monoisotopic (exact) mass is 396 g/mol. The van der Waals surface area contributed by atoms with Crippen LogP contribution >= 0.6 is 0 Å². The topological polar surface area (TPSA) is 85.4 Å². The van der Waals surface area contributed by atoms with Crippen molar-refractivity contribution in [1.29, 1.82) is 0 Å². The number of aromatic nitrogens is 2. The molecule has 1 heterocycles. The van der Waals surface area contributed by atoms with Crippen LogP contribution in [0, 0.1) is 5.82 Å². The molecular weight excluding hydrogens is 375 g/mol. The maximum absolute atomic E-state index is 13.7. The molecule has 1 amide bonds. The molecule has 0 aliphatic carbocycles. The number of amides is 1. The van der Waals surface area contributed by atoms with Gasteiger partial charge in [0.25, 0.3) is 5.91 Å². The van der Waals surface area contributed by atoms with Gasteiger partial charge in [-0.05, 0) is 29.8 Å². The lowest BCUT2D eigenvalue weighted by Crippen LogP contribution is -2.24. The van der Waals surface area contributed by atoms with Crippen LogP contribution in [0.1, 0.15) is 21.6 Å². The van der Waals surface area contributed by atoms with Crippen molar-refractivity contribution in [2.45, 2.75) is 13.1 Å². The summed E-state index contributed by atoms with van der Waals surface area (Å²) in [7, 11) is 3.11. The standard InChI is InChI=1S/C21H21FN4O3/c1-28-18-8-7-14(11-19(18)29-2)12-24-20(27)17-9-10-23-21(26-17)25-13-15-5-3-4-6-16(15)22/h3-11H,12-13H2,1-2H3,(H,24,27)(H,23,25,26). The molecule has 0 aliphatic rings. The van der Waals surface area contributed by atoms with E-state index in [1.165, 1.54) is 18.3 Å². The van der Waals surface area contributed by atoms with E-state index in [0.29, 0.717) is 23.6 Å². The number of halogens is 1. The van der Waals surface area contributed by atoms with Crippen molar-refractivity contribution >= 4 is 11.9 Å². The van der Waals surface area contributed by atoms with E-state index in [1.807, 2.05) is 6.07 Å². The minimum Gasteiger partial charge on any atom is -0.493 e. The van der Waals surface area contributed by atoms with E-state index in [9.17, 15) is 9.18 Å². The molecule has 0 atom stereocenters. The fraction of sp³-hybridized carbons (Fsp3) is 0.190. The molecule has 2 N–H and O–H groups in total. The summed E-state index contributed by atoms with van der Waals surface area (Å²) in [5, 5.41) is 5.73. The second-order valence-electron chi connectivity index (χ2n) is 6.08. The minimum atomic E-state index is -0.351. The van der Waals surface area contributed by atoms with Crippen molar-refractivity contribution in [1.82, 2.24) is 15.3 Å². The maximum Gasteiger partial charge on any atom is 0.270 e. The molecule has 0 saturated carbocycles. The number of nitrogens with zero attached hydrogens (tertiary/aromatic N) is 2. The van der Waals surface area contributed by atoms with Crippen molar-refractivity contribution < 1.29 is 18.7 Å². The van der Waals surface area contributed by atoms with E-state index >= 15 is 0 Å². The Bertz CT molecular complexity index is 997. The third-order valence-corrected chi connectivity index (χ3v) is 4.18. The summed E-state index contributed by atoms with van der Waals surface area (Å²) in [5.41, 5.74) is 1.54. The molecule has 0 bridgehead atoms. The Kier molecular flexibility index (Phi) is 6.57. The number of ether oxygens (including phenoxy) is 2. The van der Waals surface area contributed by atoms with Crippen molar-refractivity contribution in [2.24, 2.45) is 0 Å². The highest BCUT2D eigenvalue weighted by molar-refractivity contribution is 5.92. The van der Waals surface area contributed by atoms with Gasteiger partial charge in [0.2, 0.25) is 5.95 Å². The third-order valence-electron chi connectivity index (χ3n) is 4.18. The van der Waals surface area contributed by atoms with Gasteiger partial charge in [-0.15, -0.1) is 0 Å². The van der Waals surface area contributed by atoms with Crippen LogP contribution in [-0.2, 0) is 13.1 Å². The van der Waals surface area contributed by atoms with Crippen LogP contribution in [0.5, 0.6) is 11.5 Å². The predicted octanol–water partition coefficient (Wildman–Crippen LogP) is 3.18. The summed E-state index contributed by atoms with van der Waals surface area (Å²) >= 11 is 0. The number of methoxy groups -OCH3 is 2. The first-order valence-corrected chi connectivity index (χ1v) is 8.90. The fourth-order valence-corrected chi connectivity index (χ4v) is 2.65. The molecule has 2 aromatic carbocycles. The Balaban J connectivity index is 1.61. The van der Waals surface area contributed by atoms with E-state index in [2.05, 4.69) is 20.6 Å². The Hall–Kier alpha value is -3.68. The van der Waals surface area contributed by atoms with Crippen LogP contribution in [0.25, 0.3) is 0 Å². The van der Waals surface area contributed by atoms with Crippen LogP contribution in [0.15, 0.2) is 54.7 Å². The Labute approximate surface area is 167 Å². The molecule has 150 valence electrons. The van der Waals surface area contributed by atoms with Gasteiger partial charge in [-0.25, -0.2) is 14.4 Å². The average Bonchev–Trinajstić information content (AvgIpc) is 2.76. The van der Waals surface area contributed by atoms with Crippen LogP contribution in [0.4, 0.5) is 10.3 Å². The molecule has 1 aromatic heterocycles. The SMILES string of the molecule is COc1ccc(CNC(=O)c2ccnc(NCc3ccccc3F)n2)cc1OC. The number of carbonyl (C=O) groups is 1. The van der Waals surface area contributed by atoms with Gasteiger partial charge < -0.3 is 20.1 Å². The molecule has 8 heteroatoms. The zero-order valence-corrected chi connectivity index (χ0v) is 16.1. The average molecular weight is 396 g/mol. The number of benzene rings is 2. The highest BCUT2D eigenvalue weighted by Gasteiger charge is 2.10. The summed E-state index contributed by atoms with van der Waals surface area (Å²) in [6.07, 6.45) is 1.47. The number of hydrogen-bond acceptors (Lipinski definition) is 6. The summed E-state index contributed by atoms with van der Waals surface area (Å²) in [4.78, 5) is 20.7. The number of carbonyl (C=O) groups excluding carboxylic acids is 1. The molecule has 3 rings (SSSR count). The number of rotatable bonds is 8. The molecule has 3 aromatic rings. The lowest BCUT2D eigenvalue weighted by Gasteiger charge is -2.11. The fourth-order valence-electron chi connectivity index (χ4n) is 2.65. The number of hydrogen-bond donors (Lipinski definition) is 2. The van der Waals surface area contributed by atoms with Gasteiger partial charge in [0.1, 0.15) is 11.5 Å². The maximum atomic E-state index is 13.7. The van der Waals surface area contributed by atoms with Gasteiger partial charge in [0.15, 0.2) is 11.5 Å². The highest BCUT2D eigenvalue weighted by Crippen LogP contribution is 2.27. The van der Waals surface area contributed by atoms with Crippen molar-refractivity contribution in [3.63, 3.8) is 0 Å². The van der Waals surface area contributed by atoms with E-state index in [4.69, 9.17) is 9.47 Å². The number of nitrogens with one attached hydrogen (secondary N) is 2. The van der Waals surface area contributed by atoms with Crippen molar-refractivity contribution in [3.8, 4) is 11.5 Å². The van der Waals surface area contributed by atoms with E-state index in [1.54, 1.807) is 44.6 Å². The van der Waals surface area contributed by atoms with Crippen LogP contribution < -0.4 is 20.1 Å². The molecular formula is C21H21FN4O3. The summed E-state index contributed by atoms with van der Waals surface area (Å²) in [6, 6.07) is 13.3. The molecule has 29 heavy (non-hydrogen) atoms. The van der Waals surface area contributed by atoms with Crippen molar-refractivity contribution in [2.75, 3.05) is 19.5 Å². The molecule has 7 nitrogen and oxygen atoms in total. The normalized spacial score (nSPS) is 10.3. The Morgan fingerprint density at radius 3 is 2.59 bits per heavy atom. The van der Waals surface area contributed by atoms with Crippen LogP contribution in [0.3, 0.4) is 0 Å². The zero-order chi connectivity index (χ0) is 20.6. The van der Waals surface area contributed by atoms with E-state index in [0.717, 1.165) is 5.56 Å². The number of anilines is 1. The lowest BCUT2D eigenvalue weighted by molar-refractivity contribution is 0.0946. The van der Waals surface area contributed by atoms with Gasteiger partial charge in [-0.1, -0.05) is 24.3 Å². The molecule has 0 aliphatic heterocycles. The largest absolute Gasteiger partial charge is 0.493 e. The molecule has 0 radical (unpaired) electrons. The van der Waals surface area contributed by atoms with Gasteiger partial charge in [-0.2, -0.15) is 0 Å². The zero-order valence-electron chi connectivity index (χ0n) is 16.1.